The summed E-state index contributed by atoms with van der Waals surface area (Å²) in [6, 6.07) is 7.76. The minimum atomic E-state index is -0.562. The lowest BCUT2D eigenvalue weighted by molar-refractivity contribution is -0.123. The number of nitrogens with zero attached hydrogens (tertiary/aromatic N) is 1. The van der Waals surface area contributed by atoms with Crippen LogP contribution in [0.5, 0.6) is 5.75 Å². The average molecular weight is 536 g/mol. The monoisotopic (exact) mass is 533 g/mol. The third kappa shape index (κ3) is 4.23. The van der Waals surface area contributed by atoms with E-state index >= 15 is 0 Å². The molecule has 0 bridgehead atoms. The number of rotatable bonds is 4. The molecule has 27 heavy (non-hydrogen) atoms. The van der Waals surface area contributed by atoms with E-state index in [1.54, 1.807) is 25.3 Å². The van der Waals surface area contributed by atoms with Crippen LogP contribution in [0.25, 0.3) is 6.08 Å². The number of hydrogen-bond acceptors (Lipinski definition) is 4. The first-order valence-corrected chi connectivity index (χ1v) is 10.3. The van der Waals surface area contributed by atoms with Crippen LogP contribution in [-0.4, -0.2) is 23.2 Å². The van der Waals surface area contributed by atoms with Crippen molar-refractivity contribution in [2.75, 3.05) is 7.11 Å². The number of ether oxygens (including phenoxy) is 1. The highest BCUT2D eigenvalue weighted by atomic mass is 79.9. The summed E-state index contributed by atoms with van der Waals surface area (Å²) in [6.07, 6.45) is 1.60. The van der Waals surface area contributed by atoms with Crippen molar-refractivity contribution in [3.63, 3.8) is 0 Å². The van der Waals surface area contributed by atoms with Gasteiger partial charge in [0.25, 0.3) is 11.1 Å². The molecule has 2 amide bonds. The zero-order valence-corrected chi connectivity index (χ0v) is 18.5. The normalized spacial score (nSPS) is 15.7. The summed E-state index contributed by atoms with van der Waals surface area (Å²) < 4.78 is 20.6. The molecule has 1 heterocycles. The van der Waals surface area contributed by atoms with Crippen molar-refractivity contribution in [3.8, 4) is 5.75 Å². The summed E-state index contributed by atoms with van der Waals surface area (Å²) in [4.78, 5) is 26.1. The third-order valence-corrected chi connectivity index (χ3v) is 6.21. The Labute approximate surface area is 181 Å². The van der Waals surface area contributed by atoms with Crippen LogP contribution in [0.4, 0.5) is 9.18 Å². The molecule has 1 fully saturated rings. The SMILES string of the molecule is COc1c(Br)cc(/C=C2\SC(=O)N(Cc3c(F)cccc3Cl)C2=O)cc1Br. The summed E-state index contributed by atoms with van der Waals surface area (Å²) in [5.74, 6) is -0.435. The molecule has 0 aliphatic carbocycles. The summed E-state index contributed by atoms with van der Waals surface area (Å²) >= 11 is 13.6. The smallest absolute Gasteiger partial charge is 0.293 e. The lowest BCUT2D eigenvalue weighted by Crippen LogP contribution is -2.28. The van der Waals surface area contributed by atoms with Crippen LogP contribution in [-0.2, 0) is 11.3 Å². The molecule has 0 unspecified atom stereocenters. The van der Waals surface area contributed by atoms with Crippen molar-refractivity contribution in [1.82, 2.24) is 4.90 Å². The molecule has 0 spiro atoms. The summed E-state index contributed by atoms with van der Waals surface area (Å²) in [6.45, 7) is -0.219. The van der Waals surface area contributed by atoms with E-state index in [0.717, 1.165) is 16.7 Å². The van der Waals surface area contributed by atoms with Gasteiger partial charge < -0.3 is 4.74 Å². The highest BCUT2D eigenvalue weighted by Gasteiger charge is 2.36. The second-order valence-corrected chi connectivity index (χ2v) is 8.59. The standard InChI is InChI=1S/C18H11Br2ClFNO3S/c1-26-16-11(19)5-9(6-12(16)20)7-15-17(24)23(18(25)27-15)8-10-13(21)3-2-4-14(10)22/h2-7H,8H2,1H3/b15-7-. The Bertz CT molecular complexity index is 940. The zero-order chi connectivity index (χ0) is 19.7. The van der Waals surface area contributed by atoms with Crippen molar-refractivity contribution in [2.24, 2.45) is 0 Å². The van der Waals surface area contributed by atoms with Crippen molar-refractivity contribution in [3.05, 3.63) is 66.1 Å². The first-order valence-electron chi connectivity index (χ1n) is 7.53. The largest absolute Gasteiger partial charge is 0.494 e. The average Bonchev–Trinajstić information content (AvgIpc) is 2.85. The second-order valence-electron chi connectivity index (χ2n) is 5.49. The quantitative estimate of drug-likeness (QED) is 0.435. The number of imide groups is 1. The van der Waals surface area contributed by atoms with Crippen LogP contribution in [0.2, 0.25) is 5.02 Å². The zero-order valence-electron chi connectivity index (χ0n) is 13.8. The van der Waals surface area contributed by atoms with Crippen molar-refractivity contribution in [1.29, 1.82) is 0 Å². The molecule has 2 aromatic carbocycles. The van der Waals surface area contributed by atoms with Crippen LogP contribution >= 0.6 is 55.2 Å². The molecule has 1 aliphatic heterocycles. The van der Waals surface area contributed by atoms with Gasteiger partial charge in [-0.1, -0.05) is 17.7 Å². The first-order chi connectivity index (χ1) is 12.8. The molecule has 0 N–H and O–H groups in total. The van der Waals surface area contributed by atoms with E-state index in [1.165, 1.54) is 18.2 Å². The van der Waals surface area contributed by atoms with Gasteiger partial charge in [0, 0.05) is 10.6 Å². The Balaban J connectivity index is 1.89. The summed E-state index contributed by atoms with van der Waals surface area (Å²) in [5.41, 5.74) is 0.807. The molecule has 0 saturated carbocycles. The van der Waals surface area contributed by atoms with Crippen LogP contribution < -0.4 is 4.74 Å². The van der Waals surface area contributed by atoms with Gasteiger partial charge in [0.1, 0.15) is 11.6 Å². The van der Waals surface area contributed by atoms with Gasteiger partial charge in [0.2, 0.25) is 0 Å². The summed E-state index contributed by atoms with van der Waals surface area (Å²) in [7, 11) is 1.55. The molecule has 1 aliphatic rings. The summed E-state index contributed by atoms with van der Waals surface area (Å²) in [5, 5.41) is -0.307. The van der Waals surface area contributed by atoms with Crippen molar-refractivity contribution < 1.29 is 18.7 Å². The van der Waals surface area contributed by atoms with Gasteiger partial charge in [-0.2, -0.15) is 0 Å². The Morgan fingerprint density at radius 3 is 2.52 bits per heavy atom. The minimum Gasteiger partial charge on any atom is -0.494 e. The minimum absolute atomic E-state index is 0.109. The van der Waals surface area contributed by atoms with Gasteiger partial charge in [-0.3, -0.25) is 14.5 Å². The maximum absolute atomic E-state index is 14.0. The van der Waals surface area contributed by atoms with Gasteiger partial charge in [-0.25, -0.2) is 4.39 Å². The predicted molar refractivity (Wildman–Crippen MR) is 111 cm³/mol. The second kappa shape index (κ2) is 8.34. The number of halogens is 4. The molecule has 1 saturated heterocycles. The van der Waals surface area contributed by atoms with Gasteiger partial charge in [0.05, 0.1) is 27.5 Å². The van der Waals surface area contributed by atoms with E-state index < -0.39 is 17.0 Å². The lowest BCUT2D eigenvalue weighted by atomic mass is 10.2. The topological polar surface area (TPSA) is 46.6 Å². The van der Waals surface area contributed by atoms with E-state index in [1.807, 2.05) is 0 Å². The van der Waals surface area contributed by atoms with Crippen molar-refractivity contribution >= 4 is 72.4 Å². The van der Waals surface area contributed by atoms with Gasteiger partial charge in [-0.15, -0.1) is 0 Å². The molecule has 3 rings (SSSR count). The van der Waals surface area contributed by atoms with E-state index in [9.17, 15) is 14.0 Å². The number of methoxy groups -OCH3 is 1. The van der Waals surface area contributed by atoms with E-state index in [-0.39, 0.29) is 22.0 Å². The van der Waals surface area contributed by atoms with Gasteiger partial charge in [0.15, 0.2) is 0 Å². The molecule has 9 heteroatoms. The third-order valence-electron chi connectivity index (χ3n) is 3.77. The molecule has 0 radical (unpaired) electrons. The fraction of sp³-hybridized carbons (Fsp3) is 0.111. The van der Waals surface area contributed by atoms with Crippen LogP contribution in [0.3, 0.4) is 0 Å². The van der Waals surface area contributed by atoms with E-state index in [4.69, 9.17) is 16.3 Å². The number of benzene rings is 2. The molecule has 0 atom stereocenters. The molecular weight excluding hydrogens is 525 g/mol. The van der Waals surface area contributed by atoms with Crippen LogP contribution in [0, 0.1) is 5.82 Å². The van der Waals surface area contributed by atoms with Gasteiger partial charge >= 0.3 is 0 Å². The first kappa shape index (κ1) is 20.4. The predicted octanol–water partition coefficient (Wildman–Crippen LogP) is 6.25. The number of hydrogen-bond donors (Lipinski definition) is 0. The number of carbonyl (C=O) groups excluding carboxylic acids is 2. The van der Waals surface area contributed by atoms with Gasteiger partial charge in [-0.05, 0) is 79.5 Å². The van der Waals surface area contributed by atoms with Crippen LogP contribution in [0.15, 0.2) is 44.2 Å². The van der Waals surface area contributed by atoms with E-state index in [0.29, 0.717) is 20.3 Å². The Morgan fingerprint density at radius 2 is 1.93 bits per heavy atom. The molecule has 4 nitrogen and oxygen atoms in total. The maximum atomic E-state index is 14.0. The fourth-order valence-electron chi connectivity index (χ4n) is 2.49. The Kier molecular flexibility index (Phi) is 6.30. The molecule has 2 aromatic rings. The fourth-order valence-corrected chi connectivity index (χ4v) is 5.09. The maximum Gasteiger partial charge on any atom is 0.293 e. The highest BCUT2D eigenvalue weighted by molar-refractivity contribution is 9.11. The highest BCUT2D eigenvalue weighted by Crippen LogP contribution is 2.38. The Hall–Kier alpha value is -1.35. The Morgan fingerprint density at radius 1 is 1.26 bits per heavy atom. The number of thioether (sulfide) groups is 1. The number of amides is 2. The molecule has 140 valence electrons. The molecular formula is C18H11Br2ClFNO3S. The van der Waals surface area contributed by atoms with Crippen LogP contribution in [0.1, 0.15) is 11.1 Å². The lowest BCUT2D eigenvalue weighted by Gasteiger charge is -2.14. The van der Waals surface area contributed by atoms with E-state index in [2.05, 4.69) is 31.9 Å². The molecule has 0 aromatic heterocycles. The number of carbonyl (C=O) groups is 2. The van der Waals surface area contributed by atoms with Crippen molar-refractivity contribution in [2.45, 2.75) is 6.54 Å².